The Kier molecular flexibility index (Phi) is 6.50. The molecule has 0 radical (unpaired) electrons. The van der Waals surface area contributed by atoms with Crippen LogP contribution in [0.3, 0.4) is 0 Å². The Morgan fingerprint density at radius 1 is 1.46 bits per heavy atom. The second-order valence-corrected chi connectivity index (χ2v) is 4.33. The van der Waals surface area contributed by atoms with Gasteiger partial charge in [-0.3, -0.25) is 0 Å². The fourth-order valence-corrected chi connectivity index (χ4v) is 1.51. The first-order valence-electron chi connectivity index (χ1n) is 4.55. The van der Waals surface area contributed by atoms with Gasteiger partial charge in [-0.15, -0.1) is 0 Å². The molecule has 0 saturated heterocycles. The monoisotopic (exact) mass is 203 g/mol. The van der Waals surface area contributed by atoms with E-state index in [2.05, 4.69) is 0 Å². The van der Waals surface area contributed by atoms with Gasteiger partial charge < -0.3 is 15.8 Å². The number of nitrogens with two attached hydrogens (primary N) is 1. The van der Waals surface area contributed by atoms with E-state index in [1.807, 2.05) is 13.8 Å². The standard InChI is InChI=1S/C8H18BNO2S/c1-6(2)3-7(9(11)12)4-8(13)5-10/h6-7,11-12H,3-5,10H2,1-2H3/t7-/m1/s1. The summed E-state index contributed by atoms with van der Waals surface area (Å²) in [4.78, 5) is 0.707. The Hall–Kier alpha value is 0.0349. The molecule has 0 bridgehead atoms. The van der Waals surface area contributed by atoms with Crippen LogP contribution in [0.15, 0.2) is 0 Å². The van der Waals surface area contributed by atoms with E-state index in [0.29, 0.717) is 23.7 Å². The third kappa shape index (κ3) is 6.15. The maximum absolute atomic E-state index is 9.06. The summed E-state index contributed by atoms with van der Waals surface area (Å²) in [6.45, 7) is 4.43. The average molecular weight is 203 g/mol. The molecule has 0 fully saturated rings. The van der Waals surface area contributed by atoms with Gasteiger partial charge >= 0.3 is 7.12 Å². The molecule has 0 spiro atoms. The van der Waals surface area contributed by atoms with Crippen molar-refractivity contribution in [3.63, 3.8) is 0 Å². The fourth-order valence-electron chi connectivity index (χ4n) is 1.29. The molecule has 3 nitrogen and oxygen atoms in total. The van der Waals surface area contributed by atoms with E-state index in [1.54, 1.807) is 0 Å². The maximum atomic E-state index is 9.06. The molecule has 4 N–H and O–H groups in total. The lowest BCUT2D eigenvalue weighted by atomic mass is 9.66. The second kappa shape index (κ2) is 6.48. The Labute approximate surface area is 85.5 Å². The quantitative estimate of drug-likeness (QED) is 0.436. The molecule has 0 rings (SSSR count). The molecule has 1 atom stereocenters. The summed E-state index contributed by atoms with van der Waals surface area (Å²) in [5.74, 6) is 0.267. The number of thiocarbonyl (C=S) groups is 1. The van der Waals surface area contributed by atoms with E-state index < -0.39 is 7.12 Å². The molecule has 0 aromatic heterocycles. The van der Waals surface area contributed by atoms with Crippen molar-refractivity contribution < 1.29 is 10.0 Å². The Balaban J connectivity index is 4.02. The van der Waals surface area contributed by atoms with Gasteiger partial charge in [0.25, 0.3) is 0 Å². The van der Waals surface area contributed by atoms with Crippen molar-refractivity contribution in [3.05, 3.63) is 0 Å². The summed E-state index contributed by atoms with van der Waals surface area (Å²) in [7, 11) is -1.29. The summed E-state index contributed by atoms with van der Waals surface area (Å²) in [6.07, 6.45) is 1.29. The topological polar surface area (TPSA) is 66.5 Å². The molecule has 0 aromatic rings. The zero-order valence-corrected chi connectivity index (χ0v) is 9.05. The average Bonchev–Trinajstić information content (AvgIpc) is 2.02. The van der Waals surface area contributed by atoms with Crippen LogP contribution in [0.5, 0.6) is 0 Å². The SMILES string of the molecule is CC(C)C[C@H](CC(=S)CN)B(O)O. The molecule has 0 aromatic carbocycles. The molecule has 0 aliphatic carbocycles. The van der Waals surface area contributed by atoms with Gasteiger partial charge in [-0.25, -0.2) is 0 Å². The molecule has 0 saturated carbocycles. The summed E-state index contributed by atoms with van der Waals surface area (Å²) < 4.78 is 0. The van der Waals surface area contributed by atoms with Gasteiger partial charge in [-0.2, -0.15) is 0 Å². The normalized spacial score (nSPS) is 13.1. The number of rotatable bonds is 6. The molecule has 76 valence electrons. The Morgan fingerprint density at radius 3 is 2.31 bits per heavy atom. The number of hydrogen-bond donors (Lipinski definition) is 3. The zero-order chi connectivity index (χ0) is 10.4. The Bertz CT molecular complexity index is 164. The molecule has 0 amide bonds. The molecule has 13 heavy (non-hydrogen) atoms. The van der Waals surface area contributed by atoms with Crippen molar-refractivity contribution in [3.8, 4) is 0 Å². The van der Waals surface area contributed by atoms with Gasteiger partial charge in [0.2, 0.25) is 0 Å². The largest absolute Gasteiger partial charge is 0.455 e. The smallest absolute Gasteiger partial charge is 0.427 e. The van der Waals surface area contributed by atoms with Crippen LogP contribution in [0.1, 0.15) is 26.7 Å². The highest BCUT2D eigenvalue weighted by Gasteiger charge is 2.24. The van der Waals surface area contributed by atoms with Crippen LogP contribution < -0.4 is 5.73 Å². The van der Waals surface area contributed by atoms with Crippen molar-refractivity contribution in [1.29, 1.82) is 0 Å². The minimum atomic E-state index is -1.29. The molecule has 0 unspecified atom stereocenters. The van der Waals surface area contributed by atoms with Crippen molar-refractivity contribution in [2.45, 2.75) is 32.5 Å². The Morgan fingerprint density at radius 2 is 2.00 bits per heavy atom. The highest BCUT2D eigenvalue weighted by molar-refractivity contribution is 7.80. The molecular weight excluding hydrogens is 185 g/mol. The maximum Gasteiger partial charge on any atom is 0.455 e. The van der Waals surface area contributed by atoms with Gasteiger partial charge in [-0.05, 0) is 24.6 Å². The molecule has 0 heterocycles. The van der Waals surface area contributed by atoms with Crippen LogP contribution in [0, 0.1) is 5.92 Å². The second-order valence-electron chi connectivity index (χ2n) is 3.75. The van der Waals surface area contributed by atoms with Gasteiger partial charge in [0, 0.05) is 11.4 Å². The molecule has 0 aliphatic rings. The van der Waals surface area contributed by atoms with Crippen LogP contribution in [-0.2, 0) is 0 Å². The summed E-state index contributed by atoms with van der Waals surface area (Å²) >= 11 is 4.96. The van der Waals surface area contributed by atoms with Gasteiger partial charge in [0.05, 0.1) is 0 Å². The first-order chi connectivity index (χ1) is 5.97. The van der Waals surface area contributed by atoms with E-state index in [4.69, 9.17) is 28.0 Å². The third-order valence-corrected chi connectivity index (χ3v) is 2.25. The summed E-state index contributed by atoms with van der Waals surface area (Å²) in [6, 6.07) is 0. The predicted octanol–water partition coefficient (Wildman–Crippen LogP) is 0.594. The first kappa shape index (κ1) is 13.0. The van der Waals surface area contributed by atoms with Crippen molar-refractivity contribution in [2.75, 3.05) is 6.54 Å². The van der Waals surface area contributed by atoms with Gasteiger partial charge in [-0.1, -0.05) is 26.1 Å². The predicted molar refractivity (Wildman–Crippen MR) is 59.7 cm³/mol. The van der Waals surface area contributed by atoms with E-state index in [9.17, 15) is 0 Å². The van der Waals surface area contributed by atoms with E-state index in [-0.39, 0.29) is 5.82 Å². The minimum absolute atomic E-state index is 0.170. The summed E-state index contributed by atoms with van der Waals surface area (Å²) in [5, 5.41) is 18.1. The lowest BCUT2D eigenvalue weighted by molar-refractivity contribution is 0.368. The van der Waals surface area contributed by atoms with Crippen LogP contribution in [0.25, 0.3) is 0 Å². The third-order valence-electron chi connectivity index (χ3n) is 1.91. The zero-order valence-electron chi connectivity index (χ0n) is 8.23. The first-order valence-corrected chi connectivity index (χ1v) is 4.96. The van der Waals surface area contributed by atoms with Crippen molar-refractivity contribution >= 4 is 24.2 Å². The van der Waals surface area contributed by atoms with Crippen LogP contribution in [0.4, 0.5) is 0 Å². The van der Waals surface area contributed by atoms with Crippen LogP contribution in [-0.4, -0.2) is 28.6 Å². The van der Waals surface area contributed by atoms with Crippen molar-refractivity contribution in [2.24, 2.45) is 11.7 Å². The molecule has 5 heteroatoms. The minimum Gasteiger partial charge on any atom is -0.427 e. The number of hydrogen-bond acceptors (Lipinski definition) is 4. The lowest BCUT2D eigenvalue weighted by Crippen LogP contribution is -2.25. The van der Waals surface area contributed by atoms with Gasteiger partial charge in [0.15, 0.2) is 0 Å². The van der Waals surface area contributed by atoms with Crippen molar-refractivity contribution in [1.82, 2.24) is 0 Å². The lowest BCUT2D eigenvalue weighted by Gasteiger charge is -2.17. The van der Waals surface area contributed by atoms with Crippen LogP contribution in [0.2, 0.25) is 5.82 Å². The van der Waals surface area contributed by atoms with E-state index >= 15 is 0 Å². The fraction of sp³-hybridized carbons (Fsp3) is 0.875. The van der Waals surface area contributed by atoms with Crippen LogP contribution >= 0.6 is 12.2 Å². The van der Waals surface area contributed by atoms with E-state index in [0.717, 1.165) is 6.42 Å². The van der Waals surface area contributed by atoms with Gasteiger partial charge in [0.1, 0.15) is 0 Å². The molecule has 0 aliphatic heterocycles. The van der Waals surface area contributed by atoms with E-state index in [1.165, 1.54) is 0 Å². The molecular formula is C8H18BNO2S. The highest BCUT2D eigenvalue weighted by Crippen LogP contribution is 2.23. The highest BCUT2D eigenvalue weighted by atomic mass is 32.1. The summed E-state index contributed by atoms with van der Waals surface area (Å²) in [5.41, 5.74) is 5.35.